The maximum atomic E-state index is 4.69. The maximum Gasteiger partial charge on any atom is 0.0855 e. The van der Waals surface area contributed by atoms with Gasteiger partial charge >= 0.3 is 0 Å². The second kappa shape index (κ2) is 5.01. The van der Waals surface area contributed by atoms with Crippen molar-refractivity contribution in [1.29, 1.82) is 0 Å². The van der Waals surface area contributed by atoms with Crippen LogP contribution in [0.5, 0.6) is 0 Å². The molecule has 1 unspecified atom stereocenters. The van der Waals surface area contributed by atoms with E-state index in [0.29, 0.717) is 0 Å². The quantitative estimate of drug-likeness (QED) is 0.541. The summed E-state index contributed by atoms with van der Waals surface area (Å²) < 4.78 is 0. The van der Waals surface area contributed by atoms with Gasteiger partial charge in [-0.1, -0.05) is 36.4 Å². The third-order valence-corrected chi connectivity index (χ3v) is 2.83. The summed E-state index contributed by atoms with van der Waals surface area (Å²) in [5.74, 6) is 0. The zero-order valence-electron chi connectivity index (χ0n) is 8.52. The molecule has 1 nitrogen and oxygen atoms in total. The van der Waals surface area contributed by atoms with E-state index in [1.165, 1.54) is 17.6 Å². The lowest BCUT2D eigenvalue weighted by Crippen LogP contribution is -2.10. The molecule has 0 heterocycles. The molecule has 1 aliphatic carbocycles. The highest BCUT2D eigenvalue weighted by molar-refractivity contribution is 7.78. The molecule has 1 aromatic rings. The molecule has 0 bridgehead atoms. The summed E-state index contributed by atoms with van der Waals surface area (Å²) in [4.78, 5) is 4.24. The molecular weight excluding hydrogens is 202 g/mol. The molecular formula is C13H13NS. The number of isothiocyanates is 1. The summed E-state index contributed by atoms with van der Waals surface area (Å²) in [6, 6.07) is 10.6. The van der Waals surface area contributed by atoms with Crippen LogP contribution in [0.1, 0.15) is 24.8 Å². The lowest BCUT2D eigenvalue weighted by molar-refractivity contribution is 0.664. The predicted octanol–water partition coefficient (Wildman–Crippen LogP) is 3.73. The lowest BCUT2D eigenvalue weighted by atomic mass is 9.89. The summed E-state index contributed by atoms with van der Waals surface area (Å²) >= 11 is 4.69. The Morgan fingerprint density at radius 2 is 2.07 bits per heavy atom. The number of thiocarbonyl (C=S) groups is 1. The molecule has 15 heavy (non-hydrogen) atoms. The molecule has 1 atom stereocenters. The number of rotatable bonds is 2. The molecule has 0 aromatic heterocycles. The minimum Gasteiger partial charge on any atom is -0.224 e. The Balaban J connectivity index is 2.33. The minimum absolute atomic E-state index is 0.221. The van der Waals surface area contributed by atoms with Gasteiger partial charge in [0.05, 0.1) is 11.2 Å². The number of allylic oxidation sites excluding steroid dienone is 1. The van der Waals surface area contributed by atoms with Gasteiger partial charge in [0.15, 0.2) is 0 Å². The van der Waals surface area contributed by atoms with Crippen LogP contribution in [-0.4, -0.2) is 11.2 Å². The topological polar surface area (TPSA) is 12.4 Å². The highest BCUT2D eigenvalue weighted by Crippen LogP contribution is 2.29. The van der Waals surface area contributed by atoms with Gasteiger partial charge in [0.1, 0.15) is 0 Å². The molecule has 0 saturated heterocycles. The van der Waals surface area contributed by atoms with Crippen LogP contribution in [-0.2, 0) is 0 Å². The van der Waals surface area contributed by atoms with Crippen molar-refractivity contribution in [3.8, 4) is 0 Å². The molecule has 0 amide bonds. The lowest BCUT2D eigenvalue weighted by Gasteiger charge is -2.19. The van der Waals surface area contributed by atoms with E-state index in [2.05, 4.69) is 40.5 Å². The number of aliphatic imine (C=N–C) groups is 1. The van der Waals surface area contributed by atoms with Gasteiger partial charge in [-0.3, -0.25) is 0 Å². The molecule has 1 aromatic carbocycles. The maximum absolute atomic E-state index is 4.69. The van der Waals surface area contributed by atoms with E-state index in [4.69, 9.17) is 12.2 Å². The largest absolute Gasteiger partial charge is 0.224 e. The van der Waals surface area contributed by atoms with Gasteiger partial charge in [0, 0.05) is 0 Å². The van der Waals surface area contributed by atoms with Gasteiger partial charge in [-0.2, -0.15) is 0 Å². The van der Waals surface area contributed by atoms with Crippen molar-refractivity contribution in [2.24, 2.45) is 4.99 Å². The van der Waals surface area contributed by atoms with Crippen LogP contribution in [0.3, 0.4) is 0 Å². The Hall–Kier alpha value is -1.24. The van der Waals surface area contributed by atoms with Crippen LogP contribution in [0, 0.1) is 0 Å². The summed E-state index contributed by atoms with van der Waals surface area (Å²) in [5, 5.41) is 2.50. The van der Waals surface area contributed by atoms with Crippen molar-refractivity contribution >= 4 is 23.0 Å². The van der Waals surface area contributed by atoms with E-state index in [0.717, 1.165) is 12.8 Å². The molecule has 76 valence electrons. The number of hydrogen-bond acceptors (Lipinski definition) is 2. The molecule has 2 heteroatoms. The van der Waals surface area contributed by atoms with Crippen molar-refractivity contribution in [2.45, 2.75) is 25.3 Å². The zero-order chi connectivity index (χ0) is 10.5. The number of benzene rings is 1. The van der Waals surface area contributed by atoms with Crippen molar-refractivity contribution < 1.29 is 0 Å². The Morgan fingerprint density at radius 1 is 1.27 bits per heavy atom. The van der Waals surface area contributed by atoms with Gasteiger partial charge in [-0.05, 0) is 42.6 Å². The fraction of sp³-hybridized carbons (Fsp3) is 0.308. The predicted molar refractivity (Wildman–Crippen MR) is 67.1 cm³/mol. The van der Waals surface area contributed by atoms with Crippen molar-refractivity contribution in [1.82, 2.24) is 0 Å². The fourth-order valence-corrected chi connectivity index (χ4v) is 2.13. The molecule has 0 spiro atoms. The van der Waals surface area contributed by atoms with Gasteiger partial charge in [-0.25, -0.2) is 4.99 Å². The summed E-state index contributed by atoms with van der Waals surface area (Å²) in [6.07, 6.45) is 5.71. The van der Waals surface area contributed by atoms with Gasteiger partial charge in [-0.15, -0.1) is 0 Å². The average Bonchev–Trinajstić information content (AvgIpc) is 2.31. The van der Waals surface area contributed by atoms with Crippen LogP contribution in [0.4, 0.5) is 0 Å². The van der Waals surface area contributed by atoms with Crippen LogP contribution in [0.15, 0.2) is 41.4 Å². The summed E-state index contributed by atoms with van der Waals surface area (Å²) in [7, 11) is 0. The van der Waals surface area contributed by atoms with Crippen molar-refractivity contribution in [2.75, 3.05) is 0 Å². The molecule has 1 aliphatic rings. The molecule has 0 aliphatic heterocycles. The fourth-order valence-electron chi connectivity index (χ4n) is 2.00. The highest BCUT2D eigenvalue weighted by Gasteiger charge is 2.17. The average molecular weight is 215 g/mol. The summed E-state index contributed by atoms with van der Waals surface area (Å²) in [5.41, 5.74) is 2.57. The first-order chi connectivity index (χ1) is 7.42. The third-order valence-electron chi connectivity index (χ3n) is 2.72. The highest BCUT2D eigenvalue weighted by atomic mass is 32.1. The normalized spacial score (nSPS) is 20.3. The van der Waals surface area contributed by atoms with E-state index < -0.39 is 0 Å². The van der Waals surface area contributed by atoms with E-state index in [9.17, 15) is 0 Å². The first-order valence-electron chi connectivity index (χ1n) is 5.24. The van der Waals surface area contributed by atoms with Gasteiger partial charge in [0.2, 0.25) is 0 Å². The standard InChI is InChI=1S/C13H13NS/c15-10-14-13-9-5-4-8-12(13)11-6-2-1-3-7-11/h1-3,6-8,13H,4-5,9H2. The van der Waals surface area contributed by atoms with E-state index in [1.807, 2.05) is 6.07 Å². The minimum atomic E-state index is 0.221. The SMILES string of the molecule is S=C=NC1CCCC=C1c1ccccc1. The molecule has 0 fully saturated rings. The van der Waals surface area contributed by atoms with E-state index in [-0.39, 0.29) is 6.04 Å². The van der Waals surface area contributed by atoms with E-state index in [1.54, 1.807) is 0 Å². The second-order valence-electron chi connectivity index (χ2n) is 3.69. The van der Waals surface area contributed by atoms with Gasteiger partial charge in [0.25, 0.3) is 0 Å². The van der Waals surface area contributed by atoms with Crippen molar-refractivity contribution in [3.63, 3.8) is 0 Å². The molecule has 0 N–H and O–H groups in total. The van der Waals surface area contributed by atoms with Gasteiger partial charge < -0.3 is 0 Å². The van der Waals surface area contributed by atoms with Crippen LogP contribution in [0.25, 0.3) is 5.57 Å². The Morgan fingerprint density at radius 3 is 2.80 bits per heavy atom. The molecule has 2 rings (SSSR count). The Labute approximate surface area is 95.5 Å². The molecule has 0 radical (unpaired) electrons. The number of hydrogen-bond donors (Lipinski definition) is 0. The second-order valence-corrected chi connectivity index (χ2v) is 3.88. The zero-order valence-corrected chi connectivity index (χ0v) is 9.33. The first-order valence-corrected chi connectivity index (χ1v) is 5.65. The molecule has 0 saturated carbocycles. The van der Waals surface area contributed by atoms with E-state index >= 15 is 0 Å². The van der Waals surface area contributed by atoms with Crippen LogP contribution < -0.4 is 0 Å². The summed E-state index contributed by atoms with van der Waals surface area (Å²) in [6.45, 7) is 0. The Kier molecular flexibility index (Phi) is 3.44. The number of nitrogens with zero attached hydrogens (tertiary/aromatic N) is 1. The smallest absolute Gasteiger partial charge is 0.0855 e. The third kappa shape index (κ3) is 2.41. The van der Waals surface area contributed by atoms with Crippen molar-refractivity contribution in [3.05, 3.63) is 42.0 Å². The van der Waals surface area contributed by atoms with Crippen LogP contribution >= 0.6 is 12.2 Å². The Bertz CT molecular complexity index is 402. The monoisotopic (exact) mass is 215 g/mol. The first kappa shape index (κ1) is 10.3. The van der Waals surface area contributed by atoms with Crippen LogP contribution in [0.2, 0.25) is 0 Å².